The molecule has 94 valence electrons. The molecule has 0 radical (unpaired) electrons. The van der Waals surface area contributed by atoms with Crippen molar-refractivity contribution in [2.75, 3.05) is 14.1 Å². The predicted octanol–water partition coefficient (Wildman–Crippen LogP) is 3.07. The molecule has 1 aromatic heterocycles. The van der Waals surface area contributed by atoms with Gasteiger partial charge in [-0.2, -0.15) is 0 Å². The Bertz CT molecular complexity index is 398. The van der Waals surface area contributed by atoms with Gasteiger partial charge in [0.25, 0.3) is 0 Å². The Morgan fingerprint density at radius 3 is 2.82 bits per heavy atom. The van der Waals surface area contributed by atoms with Gasteiger partial charge in [-0.3, -0.25) is 4.99 Å². The third kappa shape index (κ3) is 3.45. The van der Waals surface area contributed by atoms with Crippen LogP contribution in [0.3, 0.4) is 0 Å². The summed E-state index contributed by atoms with van der Waals surface area (Å²) in [6, 6.07) is 4.88. The fourth-order valence-electron chi connectivity index (χ4n) is 1.83. The standard InChI is InChI=1S/C12H18BrN3S/c1-14-12(15-9-4-3-5-9)16(2)8-10-6-7-11(13)17-10/h6-7,9H,3-5,8H2,1-2H3,(H,14,15). The Labute approximate surface area is 115 Å². The van der Waals surface area contributed by atoms with Crippen molar-refractivity contribution in [3.05, 3.63) is 20.8 Å². The highest BCUT2D eigenvalue weighted by molar-refractivity contribution is 9.11. The zero-order chi connectivity index (χ0) is 12.3. The number of nitrogens with one attached hydrogen (secondary N) is 1. The van der Waals surface area contributed by atoms with Gasteiger partial charge in [-0.25, -0.2) is 0 Å². The summed E-state index contributed by atoms with van der Waals surface area (Å²) in [6.45, 7) is 0.905. The van der Waals surface area contributed by atoms with Crippen molar-refractivity contribution in [2.24, 2.45) is 4.99 Å². The van der Waals surface area contributed by atoms with E-state index in [4.69, 9.17) is 0 Å². The second kappa shape index (κ2) is 5.87. The van der Waals surface area contributed by atoms with Gasteiger partial charge in [-0.1, -0.05) is 0 Å². The van der Waals surface area contributed by atoms with Crippen LogP contribution in [0.4, 0.5) is 0 Å². The molecule has 0 unspecified atom stereocenters. The molecule has 1 aliphatic rings. The van der Waals surface area contributed by atoms with E-state index >= 15 is 0 Å². The Morgan fingerprint density at radius 2 is 2.35 bits per heavy atom. The maximum Gasteiger partial charge on any atom is 0.193 e. The van der Waals surface area contributed by atoms with Crippen LogP contribution in [-0.2, 0) is 6.54 Å². The first kappa shape index (κ1) is 12.9. The minimum absolute atomic E-state index is 0.631. The molecule has 1 aromatic rings. The number of hydrogen-bond acceptors (Lipinski definition) is 2. The van der Waals surface area contributed by atoms with Gasteiger partial charge < -0.3 is 10.2 Å². The molecule has 0 amide bonds. The van der Waals surface area contributed by atoms with Gasteiger partial charge in [0.05, 0.1) is 10.3 Å². The molecular formula is C12H18BrN3S. The number of nitrogens with zero attached hydrogens (tertiary/aromatic N) is 2. The average molecular weight is 316 g/mol. The number of aliphatic imine (C=N–C) groups is 1. The molecule has 0 aromatic carbocycles. The second-order valence-corrected chi connectivity index (χ2v) is 6.93. The van der Waals surface area contributed by atoms with Crippen molar-refractivity contribution in [2.45, 2.75) is 31.8 Å². The normalized spacial score (nSPS) is 16.8. The van der Waals surface area contributed by atoms with Crippen LogP contribution >= 0.6 is 27.3 Å². The molecule has 17 heavy (non-hydrogen) atoms. The number of thiophene rings is 1. The molecule has 1 aliphatic carbocycles. The van der Waals surface area contributed by atoms with E-state index < -0.39 is 0 Å². The highest BCUT2D eigenvalue weighted by atomic mass is 79.9. The second-order valence-electron chi connectivity index (χ2n) is 4.38. The van der Waals surface area contributed by atoms with Crippen LogP contribution in [0.5, 0.6) is 0 Å². The lowest BCUT2D eigenvalue weighted by Gasteiger charge is -2.31. The molecule has 0 aliphatic heterocycles. The minimum atomic E-state index is 0.631. The van der Waals surface area contributed by atoms with E-state index in [1.165, 1.54) is 27.9 Å². The van der Waals surface area contributed by atoms with Gasteiger partial charge in [0.2, 0.25) is 0 Å². The number of guanidine groups is 1. The van der Waals surface area contributed by atoms with Crippen LogP contribution in [0, 0.1) is 0 Å². The van der Waals surface area contributed by atoms with Crippen LogP contribution in [0.1, 0.15) is 24.1 Å². The maximum absolute atomic E-state index is 4.34. The highest BCUT2D eigenvalue weighted by Gasteiger charge is 2.19. The molecule has 1 heterocycles. The van der Waals surface area contributed by atoms with Gasteiger partial charge in [-0.05, 0) is 47.3 Å². The smallest absolute Gasteiger partial charge is 0.193 e. The summed E-state index contributed by atoms with van der Waals surface area (Å²) in [5.74, 6) is 0.999. The van der Waals surface area contributed by atoms with Crippen LogP contribution in [0.2, 0.25) is 0 Å². The van der Waals surface area contributed by atoms with E-state index in [0.29, 0.717) is 6.04 Å². The van der Waals surface area contributed by atoms with Crippen molar-refractivity contribution in [3.63, 3.8) is 0 Å². The monoisotopic (exact) mass is 315 g/mol. The Morgan fingerprint density at radius 1 is 1.59 bits per heavy atom. The van der Waals surface area contributed by atoms with Crippen LogP contribution in [-0.4, -0.2) is 31.0 Å². The van der Waals surface area contributed by atoms with E-state index in [2.05, 4.69) is 50.3 Å². The quantitative estimate of drug-likeness (QED) is 0.685. The third-order valence-corrected chi connectivity index (χ3v) is 4.64. The first-order valence-corrected chi connectivity index (χ1v) is 7.48. The van der Waals surface area contributed by atoms with Gasteiger partial charge in [-0.15, -0.1) is 11.3 Å². The molecule has 0 atom stereocenters. The summed E-state index contributed by atoms with van der Waals surface area (Å²) in [4.78, 5) is 7.86. The maximum atomic E-state index is 4.34. The third-order valence-electron chi connectivity index (χ3n) is 3.03. The van der Waals surface area contributed by atoms with Gasteiger partial charge in [0.1, 0.15) is 0 Å². The predicted molar refractivity (Wildman–Crippen MR) is 77.6 cm³/mol. The van der Waals surface area contributed by atoms with E-state index in [9.17, 15) is 0 Å². The van der Waals surface area contributed by atoms with E-state index in [-0.39, 0.29) is 0 Å². The SMILES string of the molecule is CN=C(NC1CCC1)N(C)Cc1ccc(Br)s1. The molecule has 0 spiro atoms. The molecule has 1 N–H and O–H groups in total. The lowest BCUT2D eigenvalue weighted by molar-refractivity contribution is 0.360. The molecule has 1 saturated carbocycles. The number of hydrogen-bond donors (Lipinski definition) is 1. The van der Waals surface area contributed by atoms with Gasteiger partial charge in [0.15, 0.2) is 5.96 Å². The van der Waals surface area contributed by atoms with Crippen LogP contribution < -0.4 is 5.32 Å². The summed E-state index contributed by atoms with van der Waals surface area (Å²) in [6.07, 6.45) is 3.89. The molecule has 0 bridgehead atoms. The van der Waals surface area contributed by atoms with E-state index in [1.54, 1.807) is 11.3 Å². The van der Waals surface area contributed by atoms with Gasteiger partial charge in [0, 0.05) is 25.0 Å². The van der Waals surface area contributed by atoms with Crippen LogP contribution in [0.15, 0.2) is 20.9 Å². The van der Waals surface area contributed by atoms with Crippen molar-refractivity contribution in [1.29, 1.82) is 0 Å². The van der Waals surface area contributed by atoms with Crippen LogP contribution in [0.25, 0.3) is 0 Å². The van der Waals surface area contributed by atoms with Crippen molar-refractivity contribution in [3.8, 4) is 0 Å². The fourth-order valence-corrected chi connectivity index (χ4v) is 3.36. The fraction of sp³-hybridized carbons (Fsp3) is 0.583. The largest absolute Gasteiger partial charge is 0.354 e. The summed E-state index contributed by atoms with van der Waals surface area (Å²) in [5.41, 5.74) is 0. The van der Waals surface area contributed by atoms with Crippen molar-refractivity contribution in [1.82, 2.24) is 10.2 Å². The summed E-state index contributed by atoms with van der Waals surface area (Å²) in [7, 11) is 3.93. The summed E-state index contributed by atoms with van der Waals surface area (Å²) < 4.78 is 1.18. The summed E-state index contributed by atoms with van der Waals surface area (Å²) in [5, 5.41) is 3.50. The topological polar surface area (TPSA) is 27.6 Å². The molecule has 3 nitrogen and oxygen atoms in total. The van der Waals surface area contributed by atoms with E-state index in [0.717, 1.165) is 12.5 Å². The first-order valence-electron chi connectivity index (χ1n) is 5.87. The van der Waals surface area contributed by atoms with Crippen molar-refractivity contribution < 1.29 is 0 Å². The average Bonchev–Trinajstić information content (AvgIpc) is 2.62. The molecule has 1 fully saturated rings. The Kier molecular flexibility index (Phi) is 4.45. The molecule has 0 saturated heterocycles. The highest BCUT2D eigenvalue weighted by Crippen LogP contribution is 2.23. The summed E-state index contributed by atoms with van der Waals surface area (Å²) >= 11 is 5.27. The first-order chi connectivity index (χ1) is 8.19. The zero-order valence-corrected chi connectivity index (χ0v) is 12.6. The van der Waals surface area contributed by atoms with E-state index in [1.807, 2.05) is 7.05 Å². The minimum Gasteiger partial charge on any atom is -0.354 e. The van der Waals surface area contributed by atoms with Crippen molar-refractivity contribution >= 4 is 33.2 Å². The molecule has 2 rings (SSSR count). The van der Waals surface area contributed by atoms with Gasteiger partial charge >= 0.3 is 0 Å². The Balaban J connectivity index is 1.90. The molecule has 5 heteroatoms. The molecular weight excluding hydrogens is 298 g/mol. The number of halogens is 1. The Hall–Kier alpha value is -0.550. The number of rotatable bonds is 3. The zero-order valence-electron chi connectivity index (χ0n) is 10.2. The lowest BCUT2D eigenvalue weighted by atomic mass is 9.93. The lowest BCUT2D eigenvalue weighted by Crippen LogP contribution is -2.46.